The number of nitriles is 1. The van der Waals surface area contributed by atoms with E-state index in [0.717, 1.165) is 11.8 Å². The number of ether oxygens (including phenoxy) is 2. The zero-order chi connectivity index (χ0) is 29.4. The average molecular weight is 571 g/mol. The number of hydrogen-bond donors (Lipinski definition) is 4. The highest BCUT2D eigenvalue weighted by atomic mass is 32.2. The topological polar surface area (TPSA) is 133 Å². The Balaban J connectivity index is 1.66. The molecule has 3 aromatic rings. The molecule has 0 spiro atoms. The molecule has 0 aromatic heterocycles. The first kappa shape index (κ1) is 29.1. The maximum absolute atomic E-state index is 13.6. The van der Waals surface area contributed by atoms with E-state index in [1.807, 2.05) is 31.2 Å². The van der Waals surface area contributed by atoms with Crippen LogP contribution in [0.4, 0.5) is 11.4 Å². The molecule has 0 aliphatic carbocycles. The fraction of sp³-hybridized carbons (Fsp3) is 0.194. The van der Waals surface area contributed by atoms with Gasteiger partial charge in [0.15, 0.2) is 11.5 Å². The molecule has 10 heteroatoms. The summed E-state index contributed by atoms with van der Waals surface area (Å²) in [4.78, 5) is 26.5. The fourth-order valence-corrected chi connectivity index (χ4v) is 5.32. The summed E-state index contributed by atoms with van der Waals surface area (Å²) < 4.78 is 10.9. The molecule has 1 heterocycles. The van der Waals surface area contributed by atoms with Gasteiger partial charge >= 0.3 is 0 Å². The van der Waals surface area contributed by atoms with E-state index < -0.39 is 5.92 Å². The molecule has 0 saturated carbocycles. The first-order valence-electron chi connectivity index (χ1n) is 12.9. The van der Waals surface area contributed by atoms with Crippen molar-refractivity contribution >= 4 is 35.0 Å². The number of methoxy groups -OCH3 is 1. The standard InChI is InChI=1S/C31H30N4O5S/c1-4-40-25-13-9-8-12-23(25)35-27(37)18-41-31-22(17-32)29(20-14-15-24(36)26(16-20)39-3)28(19(2)33-31)30(38)34-21-10-6-5-7-11-21/h5-16,29,33,36H,4,18H2,1-3H3,(H,34,38)(H,35,37)/t29-/m0/s1. The van der Waals surface area contributed by atoms with Crippen molar-refractivity contribution in [2.75, 3.05) is 30.1 Å². The number of hydrogen-bond acceptors (Lipinski definition) is 8. The third-order valence-electron chi connectivity index (χ3n) is 6.27. The van der Waals surface area contributed by atoms with E-state index in [4.69, 9.17) is 9.47 Å². The van der Waals surface area contributed by atoms with Gasteiger partial charge in [0, 0.05) is 17.0 Å². The van der Waals surface area contributed by atoms with Crippen molar-refractivity contribution in [3.8, 4) is 23.3 Å². The van der Waals surface area contributed by atoms with Gasteiger partial charge in [0.1, 0.15) is 5.75 Å². The van der Waals surface area contributed by atoms with Gasteiger partial charge in [-0.2, -0.15) is 5.26 Å². The van der Waals surface area contributed by atoms with E-state index in [9.17, 15) is 20.0 Å². The summed E-state index contributed by atoms with van der Waals surface area (Å²) in [5.41, 5.74) is 2.84. The van der Waals surface area contributed by atoms with Crippen molar-refractivity contribution in [3.63, 3.8) is 0 Å². The summed E-state index contributed by atoms with van der Waals surface area (Å²) in [6.07, 6.45) is 0. The van der Waals surface area contributed by atoms with Crippen molar-refractivity contribution in [2.24, 2.45) is 0 Å². The Morgan fingerprint density at radius 1 is 1.05 bits per heavy atom. The number of rotatable bonds is 10. The van der Waals surface area contributed by atoms with Gasteiger partial charge in [-0.3, -0.25) is 9.59 Å². The molecule has 0 bridgehead atoms. The molecular weight excluding hydrogens is 540 g/mol. The Kier molecular flexibility index (Phi) is 9.55. The fourth-order valence-electron chi connectivity index (χ4n) is 4.43. The molecule has 3 aromatic carbocycles. The second kappa shape index (κ2) is 13.5. The minimum absolute atomic E-state index is 0.00157. The monoisotopic (exact) mass is 570 g/mol. The van der Waals surface area contributed by atoms with Crippen LogP contribution >= 0.6 is 11.8 Å². The van der Waals surface area contributed by atoms with Crippen LogP contribution in [0.3, 0.4) is 0 Å². The quantitative estimate of drug-likeness (QED) is 0.251. The highest BCUT2D eigenvalue weighted by Crippen LogP contribution is 2.43. The Morgan fingerprint density at radius 2 is 1.78 bits per heavy atom. The number of aromatic hydroxyl groups is 1. The first-order chi connectivity index (χ1) is 19.9. The molecule has 41 heavy (non-hydrogen) atoms. The molecule has 9 nitrogen and oxygen atoms in total. The highest BCUT2D eigenvalue weighted by molar-refractivity contribution is 8.03. The van der Waals surface area contributed by atoms with Gasteiger partial charge in [-0.1, -0.05) is 48.2 Å². The lowest BCUT2D eigenvalue weighted by Crippen LogP contribution is -2.31. The van der Waals surface area contributed by atoms with E-state index in [2.05, 4.69) is 22.0 Å². The minimum Gasteiger partial charge on any atom is -0.504 e. The number of carbonyl (C=O) groups is 2. The largest absolute Gasteiger partial charge is 0.504 e. The molecule has 2 amide bonds. The number of nitrogens with one attached hydrogen (secondary N) is 3. The lowest BCUT2D eigenvalue weighted by molar-refractivity contribution is -0.114. The van der Waals surface area contributed by atoms with Gasteiger partial charge in [-0.25, -0.2) is 0 Å². The molecule has 4 rings (SSSR count). The Labute approximate surface area is 242 Å². The van der Waals surface area contributed by atoms with Gasteiger partial charge in [-0.05, 0) is 55.8 Å². The zero-order valence-corrected chi connectivity index (χ0v) is 23.7. The number of carbonyl (C=O) groups excluding carboxylic acids is 2. The lowest BCUT2D eigenvalue weighted by Gasteiger charge is -2.30. The van der Waals surface area contributed by atoms with Crippen molar-refractivity contribution in [1.82, 2.24) is 5.32 Å². The zero-order valence-electron chi connectivity index (χ0n) is 22.9. The summed E-state index contributed by atoms with van der Waals surface area (Å²) >= 11 is 1.16. The highest BCUT2D eigenvalue weighted by Gasteiger charge is 2.35. The summed E-state index contributed by atoms with van der Waals surface area (Å²) in [6.45, 7) is 4.07. The average Bonchev–Trinajstić information content (AvgIpc) is 2.97. The summed E-state index contributed by atoms with van der Waals surface area (Å²) in [5.74, 6) is -0.758. The number of nitrogens with zero attached hydrogens (tertiary/aromatic N) is 1. The van der Waals surface area contributed by atoms with E-state index in [0.29, 0.717) is 45.6 Å². The number of dihydropyridines is 1. The van der Waals surface area contributed by atoms with Crippen LogP contribution < -0.4 is 25.4 Å². The molecule has 0 fully saturated rings. The summed E-state index contributed by atoms with van der Waals surface area (Å²) in [5, 5.41) is 29.9. The lowest BCUT2D eigenvalue weighted by atomic mass is 9.82. The number of anilines is 2. The normalized spacial score (nSPS) is 14.5. The summed E-state index contributed by atoms with van der Waals surface area (Å²) in [7, 11) is 1.43. The van der Waals surface area contributed by atoms with Gasteiger partial charge in [0.05, 0.1) is 47.7 Å². The van der Waals surface area contributed by atoms with Crippen LogP contribution in [-0.4, -0.2) is 36.4 Å². The molecule has 0 saturated heterocycles. The number of phenolic OH excluding ortho intramolecular Hbond substituents is 1. The molecule has 4 N–H and O–H groups in total. The second-order valence-electron chi connectivity index (χ2n) is 8.97. The number of para-hydroxylation sites is 3. The Hall–Kier alpha value is -4.88. The molecule has 210 valence electrons. The Bertz CT molecular complexity index is 1550. The van der Waals surface area contributed by atoms with Crippen molar-refractivity contribution in [1.29, 1.82) is 5.26 Å². The Morgan fingerprint density at radius 3 is 2.49 bits per heavy atom. The molecule has 0 unspecified atom stereocenters. The first-order valence-corrected chi connectivity index (χ1v) is 13.8. The van der Waals surface area contributed by atoms with Crippen LogP contribution in [0.5, 0.6) is 17.2 Å². The SMILES string of the molecule is CCOc1ccccc1NC(=O)CSC1=C(C#N)[C@H](c2ccc(O)c(OC)c2)C(C(=O)Nc2ccccc2)=C(C)N1. The van der Waals surface area contributed by atoms with Crippen molar-refractivity contribution in [2.45, 2.75) is 19.8 Å². The molecule has 0 radical (unpaired) electrons. The second-order valence-corrected chi connectivity index (χ2v) is 9.95. The van der Waals surface area contributed by atoms with Gasteiger partial charge in [0.2, 0.25) is 5.91 Å². The van der Waals surface area contributed by atoms with E-state index >= 15 is 0 Å². The van der Waals surface area contributed by atoms with Crippen LogP contribution in [0.2, 0.25) is 0 Å². The van der Waals surface area contributed by atoms with E-state index in [1.165, 1.54) is 13.2 Å². The number of phenols is 1. The van der Waals surface area contributed by atoms with Crippen molar-refractivity contribution in [3.05, 3.63) is 100 Å². The number of amides is 2. The minimum atomic E-state index is -0.788. The maximum Gasteiger partial charge on any atom is 0.254 e. The number of thioether (sulfide) groups is 1. The number of benzene rings is 3. The van der Waals surface area contributed by atoms with Crippen LogP contribution in [0.25, 0.3) is 0 Å². The van der Waals surface area contributed by atoms with Crippen LogP contribution in [0.1, 0.15) is 25.3 Å². The summed E-state index contributed by atoms with van der Waals surface area (Å²) in [6, 6.07) is 23.1. The molecule has 1 atom stereocenters. The number of allylic oxidation sites excluding steroid dienone is 2. The van der Waals surface area contributed by atoms with Crippen molar-refractivity contribution < 1.29 is 24.2 Å². The molecule has 1 aliphatic heterocycles. The van der Waals surface area contributed by atoms with Crippen LogP contribution in [0.15, 0.2) is 94.7 Å². The van der Waals surface area contributed by atoms with E-state index in [-0.39, 0.29) is 34.6 Å². The predicted molar refractivity (Wildman–Crippen MR) is 160 cm³/mol. The third kappa shape index (κ3) is 6.83. The third-order valence-corrected chi connectivity index (χ3v) is 7.29. The van der Waals surface area contributed by atoms with Gasteiger partial charge in [-0.15, -0.1) is 0 Å². The molecular formula is C31H30N4O5S. The maximum atomic E-state index is 13.6. The van der Waals surface area contributed by atoms with Gasteiger partial charge in [0.25, 0.3) is 5.91 Å². The van der Waals surface area contributed by atoms with Crippen LogP contribution in [-0.2, 0) is 9.59 Å². The smallest absolute Gasteiger partial charge is 0.254 e. The predicted octanol–water partition coefficient (Wildman–Crippen LogP) is 5.51. The van der Waals surface area contributed by atoms with Crippen LogP contribution in [0, 0.1) is 11.3 Å². The van der Waals surface area contributed by atoms with E-state index in [1.54, 1.807) is 49.4 Å². The molecule has 1 aliphatic rings. The van der Waals surface area contributed by atoms with Gasteiger partial charge < -0.3 is 30.5 Å².